The predicted octanol–water partition coefficient (Wildman–Crippen LogP) is 3.06. The zero-order valence-corrected chi connectivity index (χ0v) is 11.4. The van der Waals surface area contributed by atoms with Crippen molar-refractivity contribution in [3.8, 4) is 0 Å². The largest absolute Gasteiger partial charge is 0.417 e. The lowest BCUT2D eigenvalue weighted by Gasteiger charge is -2.15. The number of hydrogen-bond acceptors (Lipinski definition) is 4. The molecule has 0 aliphatic rings. The first kappa shape index (κ1) is 14.6. The zero-order valence-electron chi connectivity index (χ0n) is 10.6. The Labute approximate surface area is 117 Å². The van der Waals surface area contributed by atoms with E-state index in [4.69, 9.17) is 11.6 Å². The van der Waals surface area contributed by atoms with Gasteiger partial charge in [0.15, 0.2) is 5.82 Å². The number of hydrogen-bond donors (Lipinski definition) is 1. The van der Waals surface area contributed by atoms with Crippen molar-refractivity contribution in [2.45, 2.75) is 19.1 Å². The van der Waals surface area contributed by atoms with Gasteiger partial charge in [0, 0.05) is 13.2 Å². The van der Waals surface area contributed by atoms with Gasteiger partial charge in [0.05, 0.1) is 16.6 Å². The summed E-state index contributed by atoms with van der Waals surface area (Å²) in [5.41, 5.74) is -0.889. The molecular formula is C11H11ClF3N5. The Morgan fingerprint density at radius 2 is 2.10 bits per heavy atom. The lowest BCUT2D eigenvalue weighted by molar-refractivity contribution is -0.137. The SMILES string of the molecule is C[C@@H](Nc1ncc(C(F)(F)F)cc1Cl)c1nncn1C. The van der Waals surface area contributed by atoms with Crippen LogP contribution in [0, 0.1) is 0 Å². The van der Waals surface area contributed by atoms with E-state index in [1.54, 1.807) is 18.5 Å². The summed E-state index contributed by atoms with van der Waals surface area (Å²) < 4.78 is 39.2. The molecule has 0 amide bonds. The highest BCUT2D eigenvalue weighted by Crippen LogP contribution is 2.33. The predicted molar refractivity (Wildman–Crippen MR) is 67.3 cm³/mol. The van der Waals surface area contributed by atoms with E-state index in [9.17, 15) is 13.2 Å². The summed E-state index contributed by atoms with van der Waals surface area (Å²) in [5, 5.41) is 10.4. The molecule has 2 rings (SSSR count). The normalized spacial score (nSPS) is 13.3. The fourth-order valence-corrected chi connectivity index (χ4v) is 1.87. The van der Waals surface area contributed by atoms with Crippen LogP contribution in [-0.2, 0) is 13.2 Å². The van der Waals surface area contributed by atoms with Gasteiger partial charge < -0.3 is 9.88 Å². The topological polar surface area (TPSA) is 55.6 Å². The lowest BCUT2D eigenvalue weighted by atomic mass is 10.2. The minimum absolute atomic E-state index is 0.103. The van der Waals surface area contributed by atoms with Gasteiger partial charge in [0.2, 0.25) is 0 Å². The minimum Gasteiger partial charge on any atom is -0.359 e. The molecule has 0 saturated carbocycles. The highest BCUT2D eigenvalue weighted by molar-refractivity contribution is 6.32. The Morgan fingerprint density at radius 3 is 2.60 bits per heavy atom. The Hall–Kier alpha value is -1.83. The number of halogens is 4. The van der Waals surface area contributed by atoms with Crippen LogP contribution in [0.3, 0.4) is 0 Å². The van der Waals surface area contributed by atoms with Crippen molar-refractivity contribution in [3.05, 3.63) is 35.0 Å². The molecule has 0 bridgehead atoms. The molecule has 2 aromatic rings. The van der Waals surface area contributed by atoms with E-state index in [0.29, 0.717) is 5.82 Å². The van der Waals surface area contributed by atoms with Crippen LogP contribution >= 0.6 is 11.6 Å². The maximum atomic E-state index is 12.5. The van der Waals surface area contributed by atoms with Gasteiger partial charge in [-0.15, -0.1) is 10.2 Å². The van der Waals surface area contributed by atoms with Crippen LogP contribution in [0.25, 0.3) is 0 Å². The quantitative estimate of drug-likeness (QED) is 0.947. The molecule has 2 heterocycles. The summed E-state index contributed by atoms with van der Waals surface area (Å²) in [4.78, 5) is 3.70. The fraction of sp³-hybridized carbons (Fsp3) is 0.364. The van der Waals surface area contributed by atoms with Crippen LogP contribution in [0.5, 0.6) is 0 Å². The van der Waals surface area contributed by atoms with Gasteiger partial charge in [0.1, 0.15) is 12.1 Å². The fourth-order valence-electron chi connectivity index (χ4n) is 1.65. The summed E-state index contributed by atoms with van der Waals surface area (Å²) in [6.07, 6.45) is -2.21. The second-order valence-corrected chi connectivity index (χ2v) is 4.63. The number of nitrogens with zero attached hydrogens (tertiary/aromatic N) is 4. The van der Waals surface area contributed by atoms with Gasteiger partial charge in [-0.3, -0.25) is 0 Å². The number of anilines is 1. The highest BCUT2D eigenvalue weighted by atomic mass is 35.5. The van der Waals surface area contributed by atoms with E-state index in [2.05, 4.69) is 20.5 Å². The second-order valence-electron chi connectivity index (χ2n) is 4.22. The van der Waals surface area contributed by atoms with Crippen molar-refractivity contribution in [2.75, 3.05) is 5.32 Å². The molecule has 0 spiro atoms. The van der Waals surface area contributed by atoms with Crippen LogP contribution in [-0.4, -0.2) is 19.7 Å². The molecule has 2 aromatic heterocycles. The lowest BCUT2D eigenvalue weighted by Crippen LogP contribution is -2.14. The molecule has 5 nitrogen and oxygen atoms in total. The second kappa shape index (κ2) is 5.28. The number of nitrogens with one attached hydrogen (secondary N) is 1. The van der Waals surface area contributed by atoms with Gasteiger partial charge in [-0.25, -0.2) is 4.98 Å². The molecule has 20 heavy (non-hydrogen) atoms. The van der Waals surface area contributed by atoms with Crippen molar-refractivity contribution < 1.29 is 13.2 Å². The molecule has 0 fully saturated rings. The number of aromatic nitrogens is 4. The number of rotatable bonds is 3. The molecule has 1 N–H and O–H groups in total. The van der Waals surface area contributed by atoms with Crippen molar-refractivity contribution in [1.29, 1.82) is 0 Å². The van der Waals surface area contributed by atoms with E-state index in [1.807, 2.05) is 0 Å². The monoisotopic (exact) mass is 305 g/mol. The average molecular weight is 306 g/mol. The highest BCUT2D eigenvalue weighted by Gasteiger charge is 2.31. The molecule has 0 aromatic carbocycles. The number of pyridine rings is 1. The van der Waals surface area contributed by atoms with Gasteiger partial charge in [0.25, 0.3) is 0 Å². The standard InChI is InChI=1S/C11H11ClF3N5/c1-6(10-19-17-5-20(10)2)18-9-8(12)3-7(4-16-9)11(13,14)15/h3-6H,1-2H3,(H,16,18)/t6-/m1/s1. The zero-order chi connectivity index (χ0) is 14.9. The van der Waals surface area contributed by atoms with Crippen LogP contribution in [0.2, 0.25) is 5.02 Å². The van der Waals surface area contributed by atoms with Crippen molar-refractivity contribution in [2.24, 2.45) is 7.05 Å². The number of aryl methyl sites for hydroxylation is 1. The molecule has 0 radical (unpaired) electrons. The van der Waals surface area contributed by atoms with E-state index in [-0.39, 0.29) is 16.9 Å². The van der Waals surface area contributed by atoms with Gasteiger partial charge in [-0.2, -0.15) is 13.2 Å². The van der Waals surface area contributed by atoms with Crippen molar-refractivity contribution >= 4 is 17.4 Å². The van der Waals surface area contributed by atoms with Crippen molar-refractivity contribution in [1.82, 2.24) is 19.7 Å². The first-order valence-electron chi connectivity index (χ1n) is 5.62. The first-order valence-corrected chi connectivity index (χ1v) is 6.00. The van der Waals surface area contributed by atoms with E-state index in [1.165, 1.54) is 6.33 Å². The van der Waals surface area contributed by atoms with Crippen molar-refractivity contribution in [3.63, 3.8) is 0 Å². The molecule has 0 aliphatic carbocycles. The Bertz CT molecular complexity index is 610. The van der Waals surface area contributed by atoms with Crippen LogP contribution in [0.4, 0.5) is 19.0 Å². The summed E-state index contributed by atoms with van der Waals surface area (Å²) in [7, 11) is 1.76. The molecule has 1 atom stereocenters. The van der Waals surface area contributed by atoms with Gasteiger partial charge in [-0.1, -0.05) is 11.6 Å². The van der Waals surface area contributed by atoms with Crippen LogP contribution in [0.15, 0.2) is 18.6 Å². The first-order chi connectivity index (χ1) is 9.29. The minimum atomic E-state index is -4.47. The molecule has 9 heteroatoms. The van der Waals surface area contributed by atoms with E-state index < -0.39 is 11.7 Å². The van der Waals surface area contributed by atoms with Crippen LogP contribution < -0.4 is 5.32 Å². The number of alkyl halides is 3. The third-order valence-electron chi connectivity index (χ3n) is 2.66. The summed E-state index contributed by atoms with van der Waals surface area (Å²) >= 11 is 5.81. The van der Waals surface area contributed by atoms with Gasteiger partial charge >= 0.3 is 6.18 Å². The molecule has 0 aliphatic heterocycles. The molecule has 108 valence electrons. The average Bonchev–Trinajstić information content (AvgIpc) is 2.76. The maximum Gasteiger partial charge on any atom is 0.417 e. The summed E-state index contributed by atoms with van der Waals surface area (Å²) in [6, 6.07) is 0.532. The third kappa shape index (κ3) is 3.01. The van der Waals surface area contributed by atoms with E-state index in [0.717, 1.165) is 12.3 Å². The van der Waals surface area contributed by atoms with E-state index >= 15 is 0 Å². The summed E-state index contributed by atoms with van der Waals surface area (Å²) in [5.74, 6) is 0.776. The maximum absolute atomic E-state index is 12.5. The summed E-state index contributed by atoms with van der Waals surface area (Å²) in [6.45, 7) is 1.78. The molecular weight excluding hydrogens is 295 g/mol. The third-order valence-corrected chi connectivity index (χ3v) is 2.94. The van der Waals surface area contributed by atoms with Crippen LogP contribution in [0.1, 0.15) is 24.4 Å². The van der Waals surface area contributed by atoms with Gasteiger partial charge in [-0.05, 0) is 13.0 Å². The Balaban J connectivity index is 2.21. The Morgan fingerprint density at radius 1 is 1.40 bits per heavy atom. The molecule has 0 unspecified atom stereocenters. The molecule has 0 saturated heterocycles. The Kier molecular flexibility index (Phi) is 3.85. The smallest absolute Gasteiger partial charge is 0.359 e.